The number of carbonyl (C=O) groups is 1. The molecule has 1 aromatic heterocycles. The number of anilines is 2. The van der Waals surface area contributed by atoms with Crippen LogP contribution in [-0.4, -0.2) is 20.7 Å². The van der Waals surface area contributed by atoms with E-state index in [1.54, 1.807) is 10.7 Å². The molecule has 2 aromatic carbocycles. The second-order valence-electron chi connectivity index (χ2n) is 6.43. The molecule has 2 unspecified atom stereocenters. The van der Waals surface area contributed by atoms with Crippen molar-refractivity contribution in [3.05, 3.63) is 83.3 Å². The van der Waals surface area contributed by atoms with Gasteiger partial charge < -0.3 is 10.6 Å². The summed E-state index contributed by atoms with van der Waals surface area (Å²) in [5.41, 5.74) is 3.08. The van der Waals surface area contributed by atoms with Gasteiger partial charge in [-0.1, -0.05) is 54.6 Å². The lowest BCUT2D eigenvalue weighted by Crippen LogP contribution is -2.39. The smallest absolute Gasteiger partial charge is 0.235 e. The number of nitrogens with zero attached hydrogens (tertiary/aromatic N) is 3. The van der Waals surface area contributed by atoms with Crippen molar-refractivity contribution in [2.24, 2.45) is 5.92 Å². The van der Waals surface area contributed by atoms with Crippen molar-refractivity contribution in [3.63, 3.8) is 0 Å². The van der Waals surface area contributed by atoms with Crippen molar-refractivity contribution in [2.75, 3.05) is 10.6 Å². The number of hydrogen-bond acceptors (Lipinski definition) is 4. The maximum atomic E-state index is 13.2. The number of hydrogen-bond donors (Lipinski definition) is 2. The fourth-order valence-corrected chi connectivity index (χ4v) is 3.60. The van der Waals surface area contributed by atoms with Crippen molar-refractivity contribution >= 4 is 29.1 Å². The Hall–Kier alpha value is -3.12. The van der Waals surface area contributed by atoms with Gasteiger partial charge in [0.25, 0.3) is 0 Å². The van der Waals surface area contributed by atoms with E-state index in [-0.39, 0.29) is 5.91 Å². The summed E-state index contributed by atoms with van der Waals surface area (Å²) in [6.45, 7) is 6.02. The number of halogens is 1. The molecule has 0 bridgehead atoms. The van der Waals surface area contributed by atoms with Crippen LogP contribution in [0.15, 0.2) is 67.1 Å². The van der Waals surface area contributed by atoms with Gasteiger partial charge in [0, 0.05) is 16.4 Å². The van der Waals surface area contributed by atoms with Crippen LogP contribution < -0.4 is 10.6 Å². The standard InChI is InChI=1S/C20H18ClN5O/c1-12-7-3-6-10-16(12)25-19(27)17-13(2)24-20-22-11-23-26(20)18(17)14-8-4-5-9-15(14)21/h3-11,17-18H,2H2,1H3,(H,25,27)(H,22,23,24). The minimum absolute atomic E-state index is 0.187. The van der Waals surface area contributed by atoms with Gasteiger partial charge in [0.1, 0.15) is 12.2 Å². The SMILES string of the molecule is C=C1Nc2ncnn2C(c2ccccc2Cl)C1C(=O)Nc1ccccc1C. The zero-order valence-corrected chi connectivity index (χ0v) is 15.4. The highest BCUT2D eigenvalue weighted by molar-refractivity contribution is 6.31. The number of benzene rings is 2. The van der Waals surface area contributed by atoms with Crippen LogP contribution in [0.4, 0.5) is 11.6 Å². The van der Waals surface area contributed by atoms with Gasteiger partial charge in [-0.25, -0.2) is 4.68 Å². The van der Waals surface area contributed by atoms with E-state index < -0.39 is 12.0 Å². The average molecular weight is 380 g/mol. The van der Waals surface area contributed by atoms with E-state index in [1.165, 1.54) is 6.33 Å². The monoisotopic (exact) mass is 379 g/mol. The maximum Gasteiger partial charge on any atom is 0.235 e. The van der Waals surface area contributed by atoms with E-state index in [4.69, 9.17) is 11.6 Å². The molecule has 0 spiro atoms. The van der Waals surface area contributed by atoms with Gasteiger partial charge >= 0.3 is 0 Å². The minimum atomic E-state index is -0.612. The highest BCUT2D eigenvalue weighted by atomic mass is 35.5. The molecule has 0 saturated carbocycles. The summed E-state index contributed by atoms with van der Waals surface area (Å²) in [5, 5.41) is 11.0. The first-order valence-corrected chi connectivity index (χ1v) is 8.90. The van der Waals surface area contributed by atoms with E-state index in [0.717, 1.165) is 16.8 Å². The molecule has 1 aliphatic rings. The Morgan fingerprint density at radius 1 is 1.22 bits per heavy atom. The number of fused-ring (bicyclic) bond motifs is 1. The van der Waals surface area contributed by atoms with Crippen molar-refractivity contribution in [3.8, 4) is 0 Å². The minimum Gasteiger partial charge on any atom is -0.328 e. The lowest BCUT2D eigenvalue weighted by atomic mass is 9.88. The summed E-state index contributed by atoms with van der Waals surface area (Å²) in [5.74, 6) is -0.267. The van der Waals surface area contributed by atoms with Crippen LogP contribution in [0.2, 0.25) is 5.02 Å². The Balaban J connectivity index is 1.77. The lowest BCUT2D eigenvalue weighted by Gasteiger charge is -2.34. The molecule has 4 rings (SSSR count). The number of rotatable bonds is 3. The van der Waals surface area contributed by atoms with E-state index in [2.05, 4.69) is 27.3 Å². The quantitative estimate of drug-likeness (QED) is 0.720. The molecule has 2 N–H and O–H groups in total. The summed E-state index contributed by atoms with van der Waals surface area (Å²) < 4.78 is 1.68. The Kier molecular flexibility index (Phi) is 4.41. The number of nitrogens with one attached hydrogen (secondary N) is 2. The molecule has 27 heavy (non-hydrogen) atoms. The van der Waals surface area contributed by atoms with Crippen LogP contribution in [0.25, 0.3) is 0 Å². The van der Waals surface area contributed by atoms with Crippen molar-refractivity contribution in [1.29, 1.82) is 0 Å². The molecule has 0 saturated heterocycles. The molecule has 1 aliphatic heterocycles. The highest BCUT2D eigenvalue weighted by Gasteiger charge is 2.40. The van der Waals surface area contributed by atoms with Gasteiger partial charge in [0.15, 0.2) is 0 Å². The molecule has 136 valence electrons. The molecule has 0 fully saturated rings. The summed E-state index contributed by atoms with van der Waals surface area (Å²) in [7, 11) is 0. The molecular weight excluding hydrogens is 362 g/mol. The van der Waals surface area contributed by atoms with Crippen LogP contribution in [0.1, 0.15) is 17.2 Å². The fraction of sp³-hybridized carbons (Fsp3) is 0.150. The van der Waals surface area contributed by atoms with E-state index in [1.807, 2.05) is 49.4 Å². The molecular formula is C20H18ClN5O. The molecule has 0 aliphatic carbocycles. The van der Waals surface area contributed by atoms with Crippen LogP contribution in [0.3, 0.4) is 0 Å². The van der Waals surface area contributed by atoms with E-state index >= 15 is 0 Å². The topological polar surface area (TPSA) is 71.8 Å². The Labute approximate surface area is 161 Å². The summed E-state index contributed by atoms with van der Waals surface area (Å²) in [6.07, 6.45) is 1.45. The Morgan fingerprint density at radius 3 is 2.74 bits per heavy atom. The van der Waals surface area contributed by atoms with Crippen molar-refractivity contribution < 1.29 is 4.79 Å². The second kappa shape index (κ2) is 6.89. The van der Waals surface area contributed by atoms with E-state index in [0.29, 0.717) is 16.7 Å². The molecule has 2 atom stereocenters. The Bertz CT molecular complexity index is 1030. The van der Waals surface area contributed by atoms with Crippen molar-refractivity contribution in [2.45, 2.75) is 13.0 Å². The average Bonchev–Trinajstić information content (AvgIpc) is 3.11. The third-order valence-corrected chi connectivity index (χ3v) is 5.05. The molecule has 6 nitrogen and oxygen atoms in total. The normalized spacial score (nSPS) is 18.5. The highest BCUT2D eigenvalue weighted by Crippen LogP contribution is 2.40. The number of carbonyl (C=O) groups excluding carboxylic acids is 1. The first-order chi connectivity index (χ1) is 13.1. The fourth-order valence-electron chi connectivity index (χ4n) is 3.35. The van der Waals surface area contributed by atoms with Gasteiger partial charge in [-0.2, -0.15) is 10.1 Å². The molecule has 1 amide bonds. The van der Waals surface area contributed by atoms with E-state index in [9.17, 15) is 4.79 Å². The van der Waals surface area contributed by atoms with Gasteiger partial charge in [-0.05, 0) is 30.2 Å². The third-order valence-electron chi connectivity index (χ3n) is 4.71. The molecule has 2 heterocycles. The number of aryl methyl sites for hydroxylation is 1. The summed E-state index contributed by atoms with van der Waals surface area (Å²) >= 11 is 6.45. The molecule has 3 aromatic rings. The van der Waals surface area contributed by atoms with Crippen molar-refractivity contribution in [1.82, 2.24) is 14.8 Å². The van der Waals surface area contributed by atoms with Gasteiger partial charge in [-0.3, -0.25) is 4.79 Å². The predicted octanol–water partition coefficient (Wildman–Crippen LogP) is 4.02. The maximum absolute atomic E-state index is 13.2. The largest absolute Gasteiger partial charge is 0.328 e. The zero-order chi connectivity index (χ0) is 19.0. The number of amides is 1. The van der Waals surface area contributed by atoms with Crippen LogP contribution >= 0.6 is 11.6 Å². The number of para-hydroxylation sites is 1. The van der Waals surface area contributed by atoms with Gasteiger partial charge in [0.05, 0.1) is 6.04 Å². The second-order valence-corrected chi connectivity index (χ2v) is 6.83. The molecule has 0 radical (unpaired) electrons. The van der Waals surface area contributed by atoms with Gasteiger partial charge in [0.2, 0.25) is 11.9 Å². The van der Waals surface area contributed by atoms with Crippen LogP contribution in [0, 0.1) is 12.8 Å². The first kappa shape index (κ1) is 17.3. The third kappa shape index (κ3) is 3.08. The molecule has 7 heteroatoms. The summed E-state index contributed by atoms with van der Waals surface area (Å²) in [4.78, 5) is 17.4. The van der Waals surface area contributed by atoms with Crippen LogP contribution in [-0.2, 0) is 4.79 Å². The zero-order valence-electron chi connectivity index (χ0n) is 14.7. The summed E-state index contributed by atoms with van der Waals surface area (Å²) in [6, 6.07) is 14.6. The predicted molar refractivity (Wildman–Crippen MR) is 106 cm³/mol. The lowest BCUT2D eigenvalue weighted by molar-refractivity contribution is -0.119. The number of aromatic nitrogens is 3. The Morgan fingerprint density at radius 2 is 1.96 bits per heavy atom. The van der Waals surface area contributed by atoms with Gasteiger partial charge in [-0.15, -0.1) is 0 Å². The first-order valence-electron chi connectivity index (χ1n) is 8.52. The van der Waals surface area contributed by atoms with Crippen LogP contribution in [0.5, 0.6) is 0 Å².